The summed E-state index contributed by atoms with van der Waals surface area (Å²) in [4.78, 5) is 61.1. The first-order valence-corrected chi connectivity index (χ1v) is 13.9. The Labute approximate surface area is 235 Å². The van der Waals surface area contributed by atoms with Gasteiger partial charge in [-0.1, -0.05) is 19.9 Å². The summed E-state index contributed by atoms with van der Waals surface area (Å²) in [6, 6.07) is 12.6. The highest BCUT2D eigenvalue weighted by molar-refractivity contribution is 5.99. The zero-order chi connectivity index (χ0) is 29.0. The molecule has 212 valence electrons. The number of rotatable bonds is 10. The van der Waals surface area contributed by atoms with Crippen LogP contribution >= 0.6 is 0 Å². The van der Waals surface area contributed by atoms with Gasteiger partial charge >= 0.3 is 0 Å². The summed E-state index contributed by atoms with van der Waals surface area (Å²) in [7, 11) is 3.85. The maximum atomic E-state index is 13.8. The molecule has 1 fully saturated rings. The van der Waals surface area contributed by atoms with Crippen LogP contribution in [0.25, 0.3) is 10.9 Å². The minimum atomic E-state index is -0.795. The lowest BCUT2D eigenvalue weighted by Crippen LogP contribution is -2.54. The number of aromatic amines is 1. The van der Waals surface area contributed by atoms with Gasteiger partial charge < -0.3 is 29.8 Å². The van der Waals surface area contributed by atoms with Crippen molar-refractivity contribution >= 4 is 40.6 Å². The molecule has 9 heteroatoms. The van der Waals surface area contributed by atoms with Gasteiger partial charge in [-0.05, 0) is 73.5 Å². The van der Waals surface area contributed by atoms with E-state index in [4.69, 9.17) is 0 Å². The monoisotopic (exact) mass is 545 g/mol. The van der Waals surface area contributed by atoms with Crippen molar-refractivity contribution in [3.8, 4) is 0 Å². The molecule has 3 amide bonds. The fraction of sp³-hybridized carbons (Fsp3) is 0.419. The van der Waals surface area contributed by atoms with E-state index in [0.29, 0.717) is 37.1 Å². The van der Waals surface area contributed by atoms with Gasteiger partial charge in [-0.15, -0.1) is 0 Å². The van der Waals surface area contributed by atoms with Crippen LogP contribution in [0.3, 0.4) is 0 Å². The topological polar surface area (TPSA) is 106 Å². The van der Waals surface area contributed by atoms with Crippen LogP contribution in [0.5, 0.6) is 0 Å². The standard InChI is InChI=1S/C31H39N5O4/c1-6-35(30(39)23-8-7-21-13-15-32-25(21)18-23)27-14-16-36(28(27)19-37)31(40)26(17-20(2)3)33-29(38)22-9-11-24(12-10-22)34(4)5/h7-13,15,18-20,26-28,32H,6,14,16-17H2,1-5H3,(H,33,38)/t26-,27+,28+/m0/s1. The van der Waals surface area contributed by atoms with E-state index < -0.39 is 18.1 Å². The molecule has 0 bridgehead atoms. The number of hydrogen-bond donors (Lipinski definition) is 2. The van der Waals surface area contributed by atoms with Gasteiger partial charge in [0.15, 0.2) is 0 Å². The minimum Gasteiger partial charge on any atom is -0.378 e. The quantitative estimate of drug-likeness (QED) is 0.378. The summed E-state index contributed by atoms with van der Waals surface area (Å²) < 4.78 is 0. The maximum Gasteiger partial charge on any atom is 0.254 e. The van der Waals surface area contributed by atoms with Crippen LogP contribution in [0, 0.1) is 5.92 Å². The third kappa shape index (κ3) is 6.03. The van der Waals surface area contributed by atoms with Crippen molar-refractivity contribution in [2.45, 2.75) is 51.7 Å². The molecule has 4 rings (SSSR count). The van der Waals surface area contributed by atoms with Crippen molar-refractivity contribution in [2.24, 2.45) is 5.92 Å². The molecule has 2 aromatic carbocycles. The van der Waals surface area contributed by atoms with Crippen molar-refractivity contribution in [3.63, 3.8) is 0 Å². The van der Waals surface area contributed by atoms with Crippen molar-refractivity contribution in [1.82, 2.24) is 20.1 Å². The Hall–Kier alpha value is -4.14. The van der Waals surface area contributed by atoms with Crippen molar-refractivity contribution < 1.29 is 19.2 Å². The molecule has 40 heavy (non-hydrogen) atoms. The molecule has 0 saturated carbocycles. The fourth-order valence-electron chi connectivity index (χ4n) is 5.48. The van der Waals surface area contributed by atoms with Crippen LogP contribution in [0.1, 0.15) is 54.3 Å². The number of likely N-dealkylation sites (tertiary alicyclic amines) is 1. The second kappa shape index (κ2) is 12.4. The van der Waals surface area contributed by atoms with Crippen molar-refractivity contribution in [3.05, 3.63) is 65.9 Å². The molecular formula is C31H39N5O4. The number of nitrogens with one attached hydrogen (secondary N) is 2. The van der Waals surface area contributed by atoms with Gasteiger partial charge in [0, 0.05) is 55.7 Å². The number of carbonyl (C=O) groups excluding carboxylic acids is 4. The van der Waals surface area contributed by atoms with Crippen LogP contribution in [0.4, 0.5) is 5.69 Å². The zero-order valence-corrected chi connectivity index (χ0v) is 23.9. The van der Waals surface area contributed by atoms with E-state index in [1.807, 2.05) is 76.3 Å². The molecule has 2 heterocycles. The molecule has 1 saturated heterocycles. The first-order chi connectivity index (χ1) is 19.1. The second-order valence-corrected chi connectivity index (χ2v) is 11.0. The van der Waals surface area contributed by atoms with Gasteiger partial charge in [-0.3, -0.25) is 14.4 Å². The Kier molecular flexibility index (Phi) is 8.92. The van der Waals surface area contributed by atoms with E-state index in [1.165, 1.54) is 4.90 Å². The Balaban J connectivity index is 1.52. The number of likely N-dealkylation sites (N-methyl/N-ethyl adjacent to an activating group) is 1. The van der Waals surface area contributed by atoms with Crippen LogP contribution in [0.2, 0.25) is 0 Å². The largest absolute Gasteiger partial charge is 0.378 e. The molecule has 1 aromatic heterocycles. The number of fused-ring (bicyclic) bond motifs is 1. The number of carbonyl (C=O) groups is 4. The van der Waals surface area contributed by atoms with E-state index in [0.717, 1.165) is 22.9 Å². The normalized spacial score (nSPS) is 17.6. The first-order valence-electron chi connectivity index (χ1n) is 13.9. The Morgan fingerprint density at radius 2 is 1.77 bits per heavy atom. The third-order valence-corrected chi connectivity index (χ3v) is 7.60. The van der Waals surface area contributed by atoms with Gasteiger partial charge in [0.1, 0.15) is 18.4 Å². The summed E-state index contributed by atoms with van der Waals surface area (Å²) in [5.41, 5.74) is 2.81. The SMILES string of the molecule is CCN(C(=O)c1ccc2cc[nH]c2c1)[C@@H]1CCN(C(=O)[C@H](CC(C)C)NC(=O)c2ccc(N(C)C)cc2)[C@@H]1C=O. The van der Waals surface area contributed by atoms with E-state index in [-0.39, 0.29) is 23.6 Å². The van der Waals surface area contributed by atoms with Gasteiger partial charge in [0.2, 0.25) is 5.91 Å². The van der Waals surface area contributed by atoms with E-state index >= 15 is 0 Å². The van der Waals surface area contributed by atoms with Gasteiger partial charge in [-0.25, -0.2) is 0 Å². The van der Waals surface area contributed by atoms with Gasteiger partial charge in [0.25, 0.3) is 11.8 Å². The average Bonchev–Trinajstić information content (AvgIpc) is 3.59. The van der Waals surface area contributed by atoms with E-state index in [2.05, 4.69) is 10.3 Å². The Bertz CT molecular complexity index is 1360. The summed E-state index contributed by atoms with van der Waals surface area (Å²) in [6.45, 7) is 6.57. The lowest BCUT2D eigenvalue weighted by molar-refractivity contribution is -0.137. The average molecular weight is 546 g/mol. The maximum absolute atomic E-state index is 13.8. The molecule has 2 N–H and O–H groups in total. The summed E-state index contributed by atoms with van der Waals surface area (Å²) in [6.07, 6.45) is 3.49. The number of aldehydes is 1. The molecule has 1 aliphatic heterocycles. The molecule has 1 aliphatic rings. The third-order valence-electron chi connectivity index (χ3n) is 7.60. The van der Waals surface area contributed by atoms with E-state index in [1.54, 1.807) is 23.1 Å². The molecule has 0 spiro atoms. The molecule has 3 aromatic rings. The lowest BCUT2D eigenvalue weighted by atomic mass is 10.0. The minimum absolute atomic E-state index is 0.134. The zero-order valence-electron chi connectivity index (χ0n) is 23.9. The lowest BCUT2D eigenvalue weighted by Gasteiger charge is -2.33. The molecule has 0 radical (unpaired) electrons. The number of aromatic nitrogens is 1. The Morgan fingerprint density at radius 3 is 2.40 bits per heavy atom. The predicted molar refractivity (Wildman–Crippen MR) is 156 cm³/mol. The highest BCUT2D eigenvalue weighted by Gasteiger charge is 2.43. The van der Waals surface area contributed by atoms with E-state index in [9.17, 15) is 19.2 Å². The predicted octanol–water partition coefficient (Wildman–Crippen LogP) is 3.71. The molecule has 0 unspecified atom stereocenters. The van der Waals surface area contributed by atoms with Crippen molar-refractivity contribution in [1.29, 1.82) is 0 Å². The molecule has 9 nitrogen and oxygen atoms in total. The summed E-state index contributed by atoms with van der Waals surface area (Å²) in [5, 5.41) is 3.92. The Morgan fingerprint density at radius 1 is 1.07 bits per heavy atom. The number of hydrogen-bond acceptors (Lipinski definition) is 5. The second-order valence-electron chi connectivity index (χ2n) is 11.0. The number of anilines is 1. The highest BCUT2D eigenvalue weighted by atomic mass is 16.2. The molecule has 0 aliphatic carbocycles. The number of amides is 3. The van der Waals surface area contributed by atoms with Crippen LogP contribution in [-0.2, 0) is 9.59 Å². The smallest absolute Gasteiger partial charge is 0.254 e. The van der Waals surface area contributed by atoms with Crippen LogP contribution < -0.4 is 10.2 Å². The molecule has 3 atom stereocenters. The first kappa shape index (κ1) is 28.9. The van der Waals surface area contributed by atoms with Gasteiger partial charge in [-0.2, -0.15) is 0 Å². The number of H-pyrrole nitrogens is 1. The van der Waals surface area contributed by atoms with Crippen molar-refractivity contribution in [2.75, 3.05) is 32.1 Å². The summed E-state index contributed by atoms with van der Waals surface area (Å²) >= 11 is 0. The summed E-state index contributed by atoms with van der Waals surface area (Å²) in [5.74, 6) is -0.691. The molecular weight excluding hydrogens is 506 g/mol. The number of benzene rings is 2. The van der Waals surface area contributed by atoms with Crippen LogP contribution in [-0.4, -0.2) is 84.1 Å². The highest BCUT2D eigenvalue weighted by Crippen LogP contribution is 2.26. The van der Waals surface area contributed by atoms with Gasteiger partial charge in [0.05, 0.1) is 6.04 Å². The number of nitrogens with zero attached hydrogens (tertiary/aromatic N) is 3. The fourth-order valence-corrected chi connectivity index (χ4v) is 5.48. The van der Waals surface area contributed by atoms with Crippen LogP contribution in [0.15, 0.2) is 54.7 Å².